The number of unbranched alkanes of at least 4 members (excludes halogenated alkanes) is 9. The molecule has 0 aromatic heterocycles. The SMILES string of the molecule is CCCCc1ccc(OC(C)Cc2ccc(O)c(CC(C)Oc3ccc(CCCC)c(CCCC)c3CCCC)c2CC(C)Oc2ccc(CCCC)c(CCCC)c2CCCC)c(CCCC)c1CCCC. The third-order valence-corrected chi connectivity index (χ3v) is 15.5. The van der Waals surface area contributed by atoms with Crippen molar-refractivity contribution in [1.82, 2.24) is 0 Å². The van der Waals surface area contributed by atoms with Crippen molar-refractivity contribution in [1.29, 1.82) is 0 Å². The fourth-order valence-electron chi connectivity index (χ4n) is 11.2. The van der Waals surface area contributed by atoms with Crippen LogP contribution < -0.4 is 14.2 Å². The molecule has 1 N–H and O–H groups in total. The maximum absolute atomic E-state index is 12.1. The lowest BCUT2D eigenvalue weighted by Gasteiger charge is -2.27. The van der Waals surface area contributed by atoms with Gasteiger partial charge in [0.15, 0.2) is 0 Å². The Morgan fingerprint density at radius 2 is 0.548 bits per heavy atom. The summed E-state index contributed by atoms with van der Waals surface area (Å²) in [6.45, 7) is 27.4. The van der Waals surface area contributed by atoms with Gasteiger partial charge < -0.3 is 19.3 Å². The summed E-state index contributed by atoms with van der Waals surface area (Å²) in [7, 11) is 0. The Balaban J connectivity index is 1.82. The number of phenolic OH excluding ortho intramolecular Hbond substituents is 1. The first-order valence-electron chi connectivity index (χ1n) is 30.7. The maximum Gasteiger partial charge on any atom is 0.123 e. The third-order valence-electron chi connectivity index (χ3n) is 15.5. The quantitative estimate of drug-likeness (QED) is 0.0484. The number of hydrogen-bond acceptors (Lipinski definition) is 4. The van der Waals surface area contributed by atoms with Gasteiger partial charge in [0, 0.05) is 24.8 Å². The van der Waals surface area contributed by atoms with Crippen LogP contribution in [0.1, 0.15) is 265 Å². The summed E-state index contributed by atoms with van der Waals surface area (Å²) in [5.41, 5.74) is 16.8. The molecule has 0 aliphatic heterocycles. The predicted octanol–water partition coefficient (Wildman–Crippen LogP) is 19.5. The topological polar surface area (TPSA) is 47.9 Å². The van der Waals surface area contributed by atoms with Gasteiger partial charge in [0.05, 0.1) is 12.2 Å². The van der Waals surface area contributed by atoms with E-state index in [-0.39, 0.29) is 18.3 Å². The Bertz CT molecular complexity index is 2160. The van der Waals surface area contributed by atoms with Gasteiger partial charge in [-0.1, -0.05) is 144 Å². The van der Waals surface area contributed by atoms with Crippen LogP contribution in [0.25, 0.3) is 0 Å². The molecular weight excluding hydrogens is 893 g/mol. The molecule has 0 radical (unpaired) electrons. The Hall–Kier alpha value is -3.92. The number of phenols is 1. The Morgan fingerprint density at radius 1 is 0.288 bits per heavy atom. The van der Waals surface area contributed by atoms with Gasteiger partial charge >= 0.3 is 0 Å². The van der Waals surface area contributed by atoms with Crippen LogP contribution in [-0.4, -0.2) is 23.4 Å². The smallest absolute Gasteiger partial charge is 0.123 e. The zero-order chi connectivity index (χ0) is 53.0. The maximum atomic E-state index is 12.1. The molecule has 408 valence electrons. The highest BCUT2D eigenvalue weighted by Gasteiger charge is 2.25. The molecule has 4 nitrogen and oxygen atoms in total. The predicted molar refractivity (Wildman–Crippen MR) is 316 cm³/mol. The van der Waals surface area contributed by atoms with Gasteiger partial charge in [-0.05, 0) is 222 Å². The number of aryl methyl sites for hydroxylation is 3. The van der Waals surface area contributed by atoms with E-state index in [1.165, 1.54) is 133 Å². The van der Waals surface area contributed by atoms with Gasteiger partial charge in [-0.2, -0.15) is 0 Å². The summed E-state index contributed by atoms with van der Waals surface area (Å²) in [4.78, 5) is 0. The van der Waals surface area contributed by atoms with Crippen molar-refractivity contribution in [3.63, 3.8) is 0 Å². The normalized spacial score (nSPS) is 12.8. The zero-order valence-electron chi connectivity index (χ0n) is 49.2. The molecule has 4 aromatic carbocycles. The van der Waals surface area contributed by atoms with E-state index >= 15 is 0 Å². The minimum absolute atomic E-state index is 0.0757. The molecule has 4 aromatic rings. The molecular formula is C69H108O4. The minimum atomic E-state index is -0.156. The molecule has 0 spiro atoms. The highest BCUT2D eigenvalue weighted by Crippen LogP contribution is 2.37. The van der Waals surface area contributed by atoms with Crippen molar-refractivity contribution in [2.24, 2.45) is 0 Å². The van der Waals surface area contributed by atoms with E-state index in [0.29, 0.717) is 18.6 Å². The lowest BCUT2D eigenvalue weighted by Crippen LogP contribution is -2.24. The van der Waals surface area contributed by atoms with Crippen LogP contribution >= 0.6 is 0 Å². The van der Waals surface area contributed by atoms with Gasteiger partial charge in [0.2, 0.25) is 0 Å². The summed E-state index contributed by atoms with van der Waals surface area (Å²) >= 11 is 0. The molecule has 0 aliphatic rings. The first kappa shape index (κ1) is 61.6. The van der Waals surface area contributed by atoms with Crippen LogP contribution in [0.5, 0.6) is 23.0 Å². The molecule has 0 amide bonds. The molecule has 73 heavy (non-hydrogen) atoms. The van der Waals surface area contributed by atoms with Gasteiger partial charge in [0.1, 0.15) is 29.1 Å². The van der Waals surface area contributed by atoms with Crippen LogP contribution in [0.2, 0.25) is 0 Å². The monoisotopic (exact) mass is 1000 g/mol. The van der Waals surface area contributed by atoms with E-state index in [0.717, 1.165) is 126 Å². The van der Waals surface area contributed by atoms with E-state index < -0.39 is 0 Å². The molecule has 4 rings (SSSR count). The number of hydrogen-bond donors (Lipinski definition) is 1. The van der Waals surface area contributed by atoms with Crippen molar-refractivity contribution in [3.8, 4) is 23.0 Å². The summed E-state index contributed by atoms with van der Waals surface area (Å²) in [5, 5.41) is 12.1. The molecule has 0 saturated heterocycles. The zero-order valence-corrected chi connectivity index (χ0v) is 49.2. The van der Waals surface area contributed by atoms with E-state index in [1.807, 2.05) is 6.07 Å². The molecule has 0 bridgehead atoms. The van der Waals surface area contributed by atoms with Gasteiger partial charge in [-0.15, -0.1) is 0 Å². The molecule has 0 heterocycles. The average molecular weight is 1000 g/mol. The van der Waals surface area contributed by atoms with Crippen molar-refractivity contribution in [3.05, 3.63) is 115 Å². The second kappa shape index (κ2) is 34.6. The van der Waals surface area contributed by atoms with Gasteiger partial charge in [0.25, 0.3) is 0 Å². The van der Waals surface area contributed by atoms with Crippen LogP contribution in [0.3, 0.4) is 0 Å². The number of rotatable bonds is 39. The summed E-state index contributed by atoms with van der Waals surface area (Å²) in [6, 6.07) is 18.1. The van der Waals surface area contributed by atoms with Crippen LogP contribution in [-0.2, 0) is 77.0 Å². The Kier molecular flexibility index (Phi) is 29.2. The standard InChI is InChI=1S/C69H108O4/c1-13-22-31-54-41-45-67(61(37-28-19-7)58(54)34-25-16-4)71-51(10)48-57-40-44-66(70)65(50-53(12)73-69-47-43-56(33-24-15-3)60(36-27-18-6)63(69)39-30-21-9)64(57)49-52(11)72-68-46-42-55(32-23-14-2)59(35-26-17-5)62(68)38-29-20-8/h40-47,51-53,70H,13-39,48-50H2,1-12H3. The fourth-order valence-corrected chi connectivity index (χ4v) is 11.2. The Labute approximate surface area is 449 Å². The number of ether oxygens (including phenoxy) is 3. The molecule has 3 unspecified atom stereocenters. The first-order valence-corrected chi connectivity index (χ1v) is 30.7. The second-order valence-corrected chi connectivity index (χ2v) is 22.1. The molecule has 4 heteroatoms. The van der Waals surface area contributed by atoms with E-state index in [9.17, 15) is 5.11 Å². The fraction of sp³-hybridized carbons (Fsp3) is 0.652. The first-order chi connectivity index (χ1) is 35.5. The highest BCUT2D eigenvalue weighted by molar-refractivity contribution is 5.50. The molecule has 0 aliphatic carbocycles. The largest absolute Gasteiger partial charge is 0.508 e. The summed E-state index contributed by atoms with van der Waals surface area (Å²) < 4.78 is 21.5. The van der Waals surface area contributed by atoms with Crippen LogP contribution in [0.4, 0.5) is 0 Å². The van der Waals surface area contributed by atoms with Crippen molar-refractivity contribution in [2.45, 2.75) is 294 Å². The minimum Gasteiger partial charge on any atom is -0.508 e. The number of benzene rings is 4. The molecule has 3 atom stereocenters. The number of aromatic hydroxyl groups is 1. The molecule has 0 fully saturated rings. The van der Waals surface area contributed by atoms with Crippen molar-refractivity contribution >= 4 is 0 Å². The van der Waals surface area contributed by atoms with Crippen molar-refractivity contribution < 1.29 is 19.3 Å². The second-order valence-electron chi connectivity index (χ2n) is 22.1. The summed E-state index contributed by atoms with van der Waals surface area (Å²) in [5.74, 6) is 3.48. The van der Waals surface area contributed by atoms with Crippen LogP contribution in [0, 0.1) is 0 Å². The van der Waals surface area contributed by atoms with E-state index in [1.54, 1.807) is 5.56 Å². The van der Waals surface area contributed by atoms with Gasteiger partial charge in [-0.25, -0.2) is 0 Å². The third kappa shape index (κ3) is 19.3. The highest BCUT2D eigenvalue weighted by atomic mass is 16.5. The lowest BCUT2D eigenvalue weighted by atomic mass is 9.89. The average Bonchev–Trinajstić information content (AvgIpc) is 3.38. The Morgan fingerprint density at radius 3 is 0.863 bits per heavy atom. The van der Waals surface area contributed by atoms with E-state index in [2.05, 4.69) is 126 Å². The van der Waals surface area contributed by atoms with E-state index in [4.69, 9.17) is 14.2 Å². The molecule has 0 saturated carbocycles. The summed E-state index contributed by atoms with van der Waals surface area (Å²) in [6.07, 6.45) is 32.9. The van der Waals surface area contributed by atoms with Crippen molar-refractivity contribution in [2.75, 3.05) is 0 Å². The van der Waals surface area contributed by atoms with Crippen LogP contribution in [0.15, 0.2) is 48.5 Å². The van der Waals surface area contributed by atoms with Gasteiger partial charge in [-0.3, -0.25) is 0 Å². The lowest BCUT2D eigenvalue weighted by molar-refractivity contribution is 0.208.